The van der Waals surface area contributed by atoms with E-state index in [4.69, 9.17) is 15.0 Å². The molecule has 0 spiro atoms. The first kappa shape index (κ1) is 36.8. The van der Waals surface area contributed by atoms with Crippen LogP contribution in [0.2, 0.25) is 0 Å². The molecule has 5 nitrogen and oxygen atoms in total. The van der Waals surface area contributed by atoms with Crippen LogP contribution in [0.1, 0.15) is 0 Å². The number of rotatable bonds is 6. The molecule has 0 bridgehead atoms. The first-order chi connectivity index (χ1) is 29.9. The van der Waals surface area contributed by atoms with E-state index in [0.29, 0.717) is 17.6 Å². The van der Waals surface area contributed by atoms with Gasteiger partial charge in [0.25, 0.3) is 0 Å². The highest BCUT2D eigenvalue weighted by Gasteiger charge is 2.23. The zero-order chi connectivity index (χ0) is 41.4. The van der Waals surface area contributed by atoms with Gasteiger partial charge in [0.15, 0.2) is 11.6 Å². The lowest BCUT2D eigenvalue weighted by molar-refractivity contribution is 0.953. The molecule has 0 saturated carbocycles. The molecule has 8 aromatic carbocycles. The molecule has 11 aromatic rings. The first-order valence-electron chi connectivity index (χ1n) is 21.0. The van der Waals surface area contributed by atoms with Gasteiger partial charge >= 0.3 is 0 Å². The summed E-state index contributed by atoms with van der Waals surface area (Å²) in [4.78, 5) is 15.4. The summed E-state index contributed by atoms with van der Waals surface area (Å²) in [6.45, 7) is 0. The summed E-state index contributed by atoms with van der Waals surface area (Å²) in [5, 5.41) is 4.71. The lowest BCUT2D eigenvalue weighted by Gasteiger charge is -2.20. The van der Waals surface area contributed by atoms with E-state index in [1.54, 1.807) is 0 Å². The molecule has 0 radical (unpaired) electrons. The highest BCUT2D eigenvalue weighted by atomic mass is 15.2. The minimum Gasteiger partial charge on any atom is -0.309 e. The van der Waals surface area contributed by atoms with E-state index in [9.17, 15) is 0 Å². The van der Waals surface area contributed by atoms with Gasteiger partial charge in [-0.25, -0.2) is 4.98 Å². The van der Waals surface area contributed by atoms with Crippen molar-refractivity contribution in [3.63, 3.8) is 0 Å². The van der Waals surface area contributed by atoms with Crippen LogP contribution in [0.4, 0.5) is 0 Å². The minimum atomic E-state index is 0.582. The van der Waals surface area contributed by atoms with Crippen LogP contribution >= 0.6 is 0 Å². The Morgan fingerprint density at radius 3 is 1.36 bits per heavy atom. The predicted molar refractivity (Wildman–Crippen MR) is 271 cm³/mol. The van der Waals surface area contributed by atoms with E-state index in [2.05, 4.69) is 182 Å². The SMILES string of the molecule is Bc1c(B)c(B)c(-c2ccc(-c3cccc(-n4c5ccccc5c5c6c7ccccc7n(-c7nc(-c8ccccc8)nc(-c8ccccc8)n7)c6ccc54)c3)cc2)c(B)c1B. The standard InChI is InChI=1S/C51H38B5N5/c52-44-41(45(53)47(55)48(56)46(44)54)30-24-22-29(23-25-30)33-16-11-17-34(28-33)60-37-20-9-7-18-35(37)42-39(60)26-27-40-43(42)36-19-8-10-21-38(36)61(40)51-58-49(31-12-3-1-4-13-31)57-50(59-51)32-14-5-2-6-15-32/h1-28H,52-56H2. The molecule has 0 amide bonds. The average molecular weight is 775 g/mol. The molecule has 10 heteroatoms. The van der Waals surface area contributed by atoms with Gasteiger partial charge in [0.1, 0.15) is 39.2 Å². The van der Waals surface area contributed by atoms with E-state index >= 15 is 0 Å². The second-order valence-corrected chi connectivity index (χ2v) is 16.2. The van der Waals surface area contributed by atoms with Gasteiger partial charge in [-0.2, -0.15) is 9.97 Å². The zero-order valence-electron chi connectivity index (χ0n) is 34.9. The maximum absolute atomic E-state index is 5.18. The normalized spacial score (nSPS) is 11.6. The summed E-state index contributed by atoms with van der Waals surface area (Å²) in [7, 11) is 11.3. The molecule has 0 unspecified atom stereocenters. The van der Waals surface area contributed by atoms with Crippen molar-refractivity contribution in [3.8, 4) is 56.7 Å². The molecule has 0 fully saturated rings. The van der Waals surface area contributed by atoms with Crippen LogP contribution in [-0.2, 0) is 0 Å². The fourth-order valence-corrected chi connectivity index (χ4v) is 9.50. The maximum Gasteiger partial charge on any atom is 0.238 e. The Morgan fingerprint density at radius 1 is 0.328 bits per heavy atom. The van der Waals surface area contributed by atoms with E-state index in [-0.39, 0.29) is 0 Å². The molecular formula is C51H38B5N5. The van der Waals surface area contributed by atoms with Crippen LogP contribution in [0.25, 0.3) is 100 Å². The van der Waals surface area contributed by atoms with Gasteiger partial charge < -0.3 is 4.57 Å². The first-order valence-corrected chi connectivity index (χ1v) is 21.0. The van der Waals surface area contributed by atoms with Crippen LogP contribution in [0, 0.1) is 0 Å². The number of para-hydroxylation sites is 2. The highest BCUT2D eigenvalue weighted by molar-refractivity contribution is 6.68. The molecule has 61 heavy (non-hydrogen) atoms. The van der Waals surface area contributed by atoms with Crippen molar-refractivity contribution in [3.05, 3.63) is 170 Å². The summed E-state index contributed by atoms with van der Waals surface area (Å²) < 4.78 is 4.63. The van der Waals surface area contributed by atoms with Crippen molar-refractivity contribution in [2.45, 2.75) is 0 Å². The van der Waals surface area contributed by atoms with Gasteiger partial charge in [-0.15, -0.1) is 16.4 Å². The molecule has 282 valence electrons. The highest BCUT2D eigenvalue weighted by Crippen LogP contribution is 2.42. The van der Waals surface area contributed by atoms with Gasteiger partial charge in [0, 0.05) is 38.4 Å². The summed E-state index contributed by atoms with van der Waals surface area (Å²) in [5.74, 6) is 1.85. The Kier molecular flexibility index (Phi) is 8.71. The van der Waals surface area contributed by atoms with E-state index < -0.39 is 0 Å². The Hall–Kier alpha value is -7.31. The largest absolute Gasteiger partial charge is 0.309 e. The minimum absolute atomic E-state index is 0.582. The number of aromatic nitrogens is 5. The zero-order valence-corrected chi connectivity index (χ0v) is 34.9. The second-order valence-electron chi connectivity index (χ2n) is 16.2. The van der Waals surface area contributed by atoms with Gasteiger partial charge in [-0.1, -0.05) is 144 Å². The number of hydrogen-bond donors (Lipinski definition) is 0. The fourth-order valence-electron chi connectivity index (χ4n) is 9.50. The third-order valence-electron chi connectivity index (χ3n) is 13.0. The quantitative estimate of drug-likeness (QED) is 0.240. The molecular weight excluding hydrogens is 737 g/mol. The van der Waals surface area contributed by atoms with Crippen LogP contribution in [0.5, 0.6) is 0 Å². The van der Waals surface area contributed by atoms with Crippen LogP contribution in [0.15, 0.2) is 170 Å². The third kappa shape index (κ3) is 5.89. The van der Waals surface area contributed by atoms with Crippen molar-refractivity contribution in [1.29, 1.82) is 0 Å². The van der Waals surface area contributed by atoms with E-state index in [1.165, 1.54) is 65.7 Å². The Morgan fingerprint density at radius 2 is 0.787 bits per heavy atom. The number of fused-ring (bicyclic) bond motifs is 7. The summed E-state index contributed by atoms with van der Waals surface area (Å²) >= 11 is 0. The van der Waals surface area contributed by atoms with Gasteiger partial charge in [0.05, 0.1) is 22.1 Å². The lowest BCUT2D eigenvalue weighted by Crippen LogP contribution is -2.55. The summed E-state index contributed by atoms with van der Waals surface area (Å²) in [6.07, 6.45) is 0. The number of hydrogen-bond acceptors (Lipinski definition) is 3. The van der Waals surface area contributed by atoms with Gasteiger partial charge in [-0.05, 0) is 58.7 Å². The monoisotopic (exact) mass is 775 g/mol. The topological polar surface area (TPSA) is 48.5 Å². The third-order valence-corrected chi connectivity index (χ3v) is 13.0. The number of benzene rings is 8. The molecule has 3 heterocycles. The number of nitrogens with zero attached hydrogens (tertiary/aromatic N) is 5. The molecule has 3 aromatic heterocycles. The van der Waals surface area contributed by atoms with Crippen molar-refractivity contribution < 1.29 is 0 Å². The van der Waals surface area contributed by atoms with Gasteiger partial charge in [0.2, 0.25) is 5.95 Å². The van der Waals surface area contributed by atoms with Crippen LogP contribution in [-0.4, -0.2) is 63.3 Å². The molecule has 0 aliphatic carbocycles. The Labute approximate surface area is 359 Å². The van der Waals surface area contributed by atoms with Crippen LogP contribution in [0.3, 0.4) is 0 Å². The van der Waals surface area contributed by atoms with Crippen molar-refractivity contribution in [1.82, 2.24) is 24.1 Å². The lowest BCUT2D eigenvalue weighted by atomic mass is 9.59. The maximum atomic E-state index is 5.18. The molecule has 0 saturated heterocycles. The Bertz CT molecular complexity index is 3440. The smallest absolute Gasteiger partial charge is 0.238 e. The van der Waals surface area contributed by atoms with Crippen molar-refractivity contribution in [2.75, 3.05) is 0 Å². The second kappa shape index (κ2) is 14.5. The molecule has 0 atom stereocenters. The van der Waals surface area contributed by atoms with Gasteiger partial charge in [-0.3, -0.25) is 4.57 Å². The molecule has 0 aliphatic heterocycles. The van der Waals surface area contributed by atoms with E-state index in [0.717, 1.165) is 44.3 Å². The molecule has 0 aliphatic rings. The predicted octanol–water partition coefficient (Wildman–Crippen LogP) is 4.03. The average Bonchev–Trinajstić information content (AvgIpc) is 3.84. The van der Waals surface area contributed by atoms with E-state index in [1.807, 2.05) is 36.4 Å². The fraction of sp³-hybridized carbons (Fsp3) is 0. The van der Waals surface area contributed by atoms with Crippen molar-refractivity contribution >= 4 is 110 Å². The molecule has 0 N–H and O–H groups in total. The Balaban J connectivity index is 1.10. The summed E-state index contributed by atoms with van der Waals surface area (Å²) in [6, 6.07) is 60.3. The van der Waals surface area contributed by atoms with Crippen molar-refractivity contribution in [2.24, 2.45) is 0 Å². The molecule has 11 rings (SSSR count). The summed E-state index contributed by atoms with van der Waals surface area (Å²) in [5.41, 5.74) is 19.2. The van der Waals surface area contributed by atoms with Crippen LogP contribution < -0.4 is 27.3 Å².